The van der Waals surface area contributed by atoms with Crippen molar-refractivity contribution in [1.29, 1.82) is 0 Å². The quantitative estimate of drug-likeness (QED) is 0.801. The molecule has 0 spiro atoms. The highest BCUT2D eigenvalue weighted by Crippen LogP contribution is 2.31. The number of furan rings is 1. The Kier molecular flexibility index (Phi) is 5.74. The van der Waals surface area contributed by atoms with Gasteiger partial charge >= 0.3 is 0 Å². The fraction of sp³-hybridized carbons (Fsp3) is 0.632. The van der Waals surface area contributed by atoms with Crippen LogP contribution in [0.25, 0.3) is 6.08 Å². The second-order valence-electron chi connectivity index (χ2n) is 7.22. The number of likely N-dealkylation sites (N-methyl/N-ethyl adjacent to an activating group) is 1. The largest absolute Gasteiger partial charge is 0.465 e. The zero-order valence-electron chi connectivity index (χ0n) is 14.9. The lowest BCUT2D eigenvalue weighted by molar-refractivity contribution is -0.141. The summed E-state index contributed by atoms with van der Waals surface area (Å²) in [6.07, 6.45) is 8.77. The molecular formula is C19H29N3O2. The highest BCUT2D eigenvalue weighted by Gasteiger charge is 2.38. The van der Waals surface area contributed by atoms with E-state index in [2.05, 4.69) is 34.9 Å². The van der Waals surface area contributed by atoms with Crippen molar-refractivity contribution >= 4 is 12.0 Å². The first-order valence-electron chi connectivity index (χ1n) is 9.00. The number of hydrogen-bond donors (Lipinski definition) is 0. The molecule has 132 valence electrons. The van der Waals surface area contributed by atoms with Crippen LogP contribution in [0.15, 0.2) is 28.9 Å². The zero-order chi connectivity index (χ0) is 16.9. The first-order chi connectivity index (χ1) is 11.6. The summed E-state index contributed by atoms with van der Waals surface area (Å²) in [4.78, 5) is 19.1. The SMILES string of the molecule is CN(C)CCN1C(=O)CC[C@@H]2CN(C/C=C/c3ccco3)CC[C@@H]21. The summed E-state index contributed by atoms with van der Waals surface area (Å²) in [5.41, 5.74) is 0. The molecule has 2 aliphatic rings. The molecule has 3 rings (SSSR count). The minimum absolute atomic E-state index is 0.351. The molecule has 0 bridgehead atoms. The van der Waals surface area contributed by atoms with Gasteiger partial charge in [-0.15, -0.1) is 0 Å². The van der Waals surface area contributed by atoms with Crippen LogP contribution in [-0.2, 0) is 4.79 Å². The van der Waals surface area contributed by atoms with Gasteiger partial charge in [-0.05, 0) is 51.1 Å². The van der Waals surface area contributed by atoms with E-state index >= 15 is 0 Å². The Hall–Kier alpha value is -1.59. The molecule has 0 unspecified atom stereocenters. The molecular weight excluding hydrogens is 302 g/mol. The van der Waals surface area contributed by atoms with Crippen LogP contribution in [0.2, 0.25) is 0 Å². The van der Waals surface area contributed by atoms with Gasteiger partial charge in [0.2, 0.25) is 5.91 Å². The number of amides is 1. The first kappa shape index (κ1) is 17.2. The molecule has 2 saturated heterocycles. The van der Waals surface area contributed by atoms with Gasteiger partial charge in [-0.25, -0.2) is 0 Å². The maximum atomic E-state index is 12.3. The molecule has 0 radical (unpaired) electrons. The van der Waals surface area contributed by atoms with Gasteiger partial charge in [0, 0.05) is 45.2 Å². The average molecular weight is 331 g/mol. The lowest BCUT2D eigenvalue weighted by atomic mass is 9.83. The molecule has 2 fully saturated rings. The zero-order valence-corrected chi connectivity index (χ0v) is 14.9. The summed E-state index contributed by atoms with van der Waals surface area (Å²) in [6, 6.07) is 4.32. The highest BCUT2D eigenvalue weighted by molar-refractivity contribution is 5.77. The Morgan fingerprint density at radius 3 is 3.00 bits per heavy atom. The monoisotopic (exact) mass is 331 g/mol. The molecule has 1 aromatic heterocycles. The van der Waals surface area contributed by atoms with Crippen LogP contribution < -0.4 is 0 Å². The van der Waals surface area contributed by atoms with E-state index in [0.29, 0.717) is 24.3 Å². The summed E-state index contributed by atoms with van der Waals surface area (Å²) in [5.74, 6) is 1.88. The minimum atomic E-state index is 0.351. The second kappa shape index (κ2) is 7.99. The van der Waals surface area contributed by atoms with Gasteiger partial charge in [-0.2, -0.15) is 0 Å². The number of rotatable bonds is 6. The number of likely N-dealkylation sites (tertiary alicyclic amines) is 2. The molecule has 0 saturated carbocycles. The van der Waals surface area contributed by atoms with Crippen LogP contribution in [-0.4, -0.2) is 73.5 Å². The Labute approximate surface area is 144 Å². The molecule has 0 aromatic carbocycles. The molecule has 3 heterocycles. The Balaban J connectivity index is 1.53. The van der Waals surface area contributed by atoms with Crippen LogP contribution in [0.1, 0.15) is 25.0 Å². The Bertz CT molecular complexity index is 553. The third kappa shape index (κ3) is 4.28. The summed E-state index contributed by atoms with van der Waals surface area (Å²) in [5, 5.41) is 0. The van der Waals surface area contributed by atoms with Crippen LogP contribution in [0.4, 0.5) is 0 Å². The lowest BCUT2D eigenvalue weighted by Crippen LogP contribution is -2.57. The molecule has 2 atom stereocenters. The van der Waals surface area contributed by atoms with Crippen molar-refractivity contribution in [3.63, 3.8) is 0 Å². The van der Waals surface area contributed by atoms with E-state index in [4.69, 9.17) is 4.42 Å². The van der Waals surface area contributed by atoms with Crippen molar-refractivity contribution in [1.82, 2.24) is 14.7 Å². The number of carbonyl (C=O) groups excluding carboxylic acids is 1. The predicted molar refractivity (Wildman–Crippen MR) is 95.6 cm³/mol. The highest BCUT2D eigenvalue weighted by atomic mass is 16.3. The van der Waals surface area contributed by atoms with Crippen LogP contribution in [0, 0.1) is 5.92 Å². The maximum Gasteiger partial charge on any atom is 0.222 e. The smallest absolute Gasteiger partial charge is 0.222 e. The standard InChI is InChI=1S/C19H29N3O2/c1-20(2)12-13-22-18-9-11-21(15-16(18)7-8-19(22)23)10-3-5-17-6-4-14-24-17/h3-6,14,16,18H,7-13,15H2,1-2H3/b5-3+/t16-,18+/m1/s1. The summed E-state index contributed by atoms with van der Waals surface area (Å²) in [7, 11) is 4.14. The van der Waals surface area contributed by atoms with Crippen LogP contribution in [0.3, 0.4) is 0 Å². The van der Waals surface area contributed by atoms with Gasteiger partial charge in [-0.1, -0.05) is 6.08 Å². The summed E-state index contributed by atoms with van der Waals surface area (Å²) in [6.45, 7) is 4.93. The summed E-state index contributed by atoms with van der Waals surface area (Å²) < 4.78 is 5.33. The third-order valence-electron chi connectivity index (χ3n) is 5.20. The van der Waals surface area contributed by atoms with E-state index in [0.717, 1.165) is 51.3 Å². The van der Waals surface area contributed by atoms with E-state index in [9.17, 15) is 4.79 Å². The lowest BCUT2D eigenvalue weighted by Gasteiger charge is -2.47. The molecule has 5 heteroatoms. The molecule has 24 heavy (non-hydrogen) atoms. The van der Waals surface area contributed by atoms with Crippen molar-refractivity contribution in [2.75, 3.05) is 46.8 Å². The van der Waals surface area contributed by atoms with Crippen LogP contribution >= 0.6 is 0 Å². The summed E-state index contributed by atoms with van der Waals surface area (Å²) >= 11 is 0. The van der Waals surface area contributed by atoms with Gasteiger partial charge in [0.05, 0.1) is 6.26 Å². The minimum Gasteiger partial charge on any atom is -0.465 e. The third-order valence-corrected chi connectivity index (χ3v) is 5.20. The van der Waals surface area contributed by atoms with E-state index < -0.39 is 0 Å². The van der Waals surface area contributed by atoms with Gasteiger partial charge in [0.15, 0.2) is 0 Å². The van der Waals surface area contributed by atoms with Crippen molar-refractivity contribution in [3.05, 3.63) is 30.2 Å². The van der Waals surface area contributed by atoms with E-state index in [1.165, 1.54) is 0 Å². The topological polar surface area (TPSA) is 39.9 Å². The fourth-order valence-electron chi connectivity index (χ4n) is 3.89. The van der Waals surface area contributed by atoms with E-state index in [-0.39, 0.29) is 0 Å². The van der Waals surface area contributed by atoms with E-state index in [1.54, 1.807) is 6.26 Å². The van der Waals surface area contributed by atoms with Gasteiger partial charge in [0.25, 0.3) is 0 Å². The van der Waals surface area contributed by atoms with Crippen molar-refractivity contribution < 1.29 is 9.21 Å². The molecule has 1 amide bonds. The predicted octanol–water partition coefficient (Wildman–Crippen LogP) is 2.17. The Morgan fingerprint density at radius 1 is 1.38 bits per heavy atom. The van der Waals surface area contributed by atoms with Gasteiger partial charge in [-0.3, -0.25) is 9.69 Å². The Morgan fingerprint density at radius 2 is 2.25 bits per heavy atom. The van der Waals surface area contributed by atoms with Gasteiger partial charge in [0.1, 0.15) is 5.76 Å². The fourth-order valence-corrected chi connectivity index (χ4v) is 3.89. The normalized spacial score (nSPS) is 25.6. The molecule has 0 aliphatic carbocycles. The number of piperidine rings is 2. The molecule has 2 aliphatic heterocycles. The van der Waals surface area contributed by atoms with E-state index in [1.807, 2.05) is 18.2 Å². The van der Waals surface area contributed by atoms with Crippen molar-refractivity contribution in [2.45, 2.75) is 25.3 Å². The molecule has 5 nitrogen and oxygen atoms in total. The maximum absolute atomic E-state index is 12.3. The number of nitrogens with zero attached hydrogens (tertiary/aromatic N) is 3. The average Bonchev–Trinajstić information content (AvgIpc) is 3.07. The first-order valence-corrected chi connectivity index (χ1v) is 9.00. The number of hydrogen-bond acceptors (Lipinski definition) is 4. The number of carbonyl (C=O) groups is 1. The molecule has 0 N–H and O–H groups in total. The molecule has 1 aromatic rings. The van der Waals surface area contributed by atoms with Crippen molar-refractivity contribution in [2.24, 2.45) is 5.92 Å². The van der Waals surface area contributed by atoms with Gasteiger partial charge < -0.3 is 14.2 Å². The second-order valence-corrected chi connectivity index (χ2v) is 7.22. The number of fused-ring (bicyclic) bond motifs is 1. The van der Waals surface area contributed by atoms with Crippen LogP contribution in [0.5, 0.6) is 0 Å². The van der Waals surface area contributed by atoms with Crippen molar-refractivity contribution in [3.8, 4) is 0 Å².